The van der Waals surface area contributed by atoms with E-state index >= 15 is 0 Å². The average Bonchev–Trinajstić information content (AvgIpc) is 3.18. The Labute approximate surface area is 140 Å². The highest BCUT2D eigenvalue weighted by atomic mass is 16.5. The van der Waals surface area contributed by atoms with E-state index in [4.69, 9.17) is 4.74 Å². The normalized spacial score (nSPS) is 20.6. The minimum Gasteiger partial charge on any atom is -0.380 e. The molecule has 0 bridgehead atoms. The topological polar surface area (TPSA) is 79.0 Å². The predicted octanol–water partition coefficient (Wildman–Crippen LogP) is 1.38. The molecule has 1 aromatic carbocycles. The minimum atomic E-state index is -0.435. The summed E-state index contributed by atoms with van der Waals surface area (Å²) in [6.07, 6.45) is 1.94. The number of carbonyl (C=O) groups is 3. The minimum absolute atomic E-state index is 0.00861. The van der Waals surface area contributed by atoms with Crippen LogP contribution in [0.2, 0.25) is 0 Å². The zero-order valence-corrected chi connectivity index (χ0v) is 13.7. The van der Waals surface area contributed by atoms with Crippen LogP contribution in [0.5, 0.6) is 0 Å². The zero-order chi connectivity index (χ0) is 17.1. The monoisotopic (exact) mass is 331 g/mol. The van der Waals surface area contributed by atoms with Crippen LogP contribution < -0.4 is 10.2 Å². The van der Waals surface area contributed by atoms with Crippen molar-refractivity contribution in [2.45, 2.75) is 25.8 Å². The maximum atomic E-state index is 12.7. The van der Waals surface area contributed by atoms with Crippen molar-refractivity contribution in [3.05, 3.63) is 29.8 Å². The molecular weight excluding hydrogens is 310 g/mol. The van der Waals surface area contributed by atoms with E-state index in [0.29, 0.717) is 24.5 Å². The number of carbonyl (C=O) groups excluding carboxylic acids is 3. The summed E-state index contributed by atoms with van der Waals surface area (Å²) in [6, 6.07) is 6.47. The van der Waals surface area contributed by atoms with Crippen molar-refractivity contribution >= 4 is 23.5 Å². The molecule has 0 saturated carbocycles. The van der Waals surface area contributed by atoms with E-state index in [9.17, 15) is 14.4 Å². The van der Waals surface area contributed by atoms with Gasteiger partial charge in [-0.15, -0.1) is 0 Å². The van der Waals surface area contributed by atoms with Gasteiger partial charge in [-0.05, 0) is 44.0 Å². The van der Waals surface area contributed by atoms with Crippen LogP contribution >= 0.6 is 0 Å². The molecule has 2 aliphatic heterocycles. The van der Waals surface area contributed by atoms with E-state index < -0.39 is 6.03 Å². The second-order valence-electron chi connectivity index (χ2n) is 5.94. The Morgan fingerprint density at radius 1 is 1.29 bits per heavy atom. The highest BCUT2D eigenvalue weighted by Gasteiger charge is 2.30. The van der Waals surface area contributed by atoms with Crippen LogP contribution in [0.15, 0.2) is 24.3 Å². The van der Waals surface area contributed by atoms with Crippen LogP contribution in [0, 0.1) is 0 Å². The second-order valence-corrected chi connectivity index (χ2v) is 5.94. The van der Waals surface area contributed by atoms with Gasteiger partial charge in [0.2, 0.25) is 5.91 Å². The van der Waals surface area contributed by atoms with Crippen LogP contribution in [0.1, 0.15) is 30.1 Å². The number of anilines is 1. The number of ether oxygens (including phenoxy) is 1. The Kier molecular flexibility index (Phi) is 4.80. The number of imide groups is 1. The van der Waals surface area contributed by atoms with Gasteiger partial charge in [-0.2, -0.15) is 0 Å². The molecule has 4 amide bonds. The van der Waals surface area contributed by atoms with Crippen LogP contribution in [-0.2, 0) is 9.53 Å². The summed E-state index contributed by atoms with van der Waals surface area (Å²) in [5.74, 6) is -0.346. The number of hydrogen-bond donors (Lipinski definition) is 1. The number of benzene rings is 1. The van der Waals surface area contributed by atoms with Crippen molar-refractivity contribution in [2.75, 3.05) is 31.2 Å². The fourth-order valence-corrected chi connectivity index (χ4v) is 3.13. The molecule has 2 saturated heterocycles. The van der Waals surface area contributed by atoms with Gasteiger partial charge < -0.3 is 9.64 Å². The van der Waals surface area contributed by atoms with Crippen molar-refractivity contribution in [2.24, 2.45) is 0 Å². The van der Waals surface area contributed by atoms with Gasteiger partial charge in [0.05, 0.1) is 12.6 Å². The first kappa shape index (κ1) is 16.4. The molecule has 24 heavy (non-hydrogen) atoms. The number of amides is 4. The summed E-state index contributed by atoms with van der Waals surface area (Å²) < 4.78 is 5.47. The van der Waals surface area contributed by atoms with E-state index in [1.54, 1.807) is 24.3 Å². The molecule has 3 rings (SSSR count). The lowest BCUT2D eigenvalue weighted by Gasteiger charge is -2.24. The third-order valence-electron chi connectivity index (χ3n) is 4.37. The van der Waals surface area contributed by atoms with Crippen LogP contribution in [-0.4, -0.2) is 55.1 Å². The maximum Gasteiger partial charge on any atom is 0.329 e. The number of likely N-dealkylation sites (tertiary alicyclic amines) is 1. The summed E-state index contributed by atoms with van der Waals surface area (Å²) in [7, 11) is 0. The van der Waals surface area contributed by atoms with Crippen molar-refractivity contribution < 1.29 is 19.1 Å². The molecule has 2 aliphatic rings. The summed E-state index contributed by atoms with van der Waals surface area (Å²) >= 11 is 0. The molecule has 0 radical (unpaired) electrons. The van der Waals surface area contributed by atoms with Crippen molar-refractivity contribution in [3.8, 4) is 0 Å². The van der Waals surface area contributed by atoms with Crippen LogP contribution in [0.3, 0.4) is 0 Å². The quantitative estimate of drug-likeness (QED) is 0.827. The highest BCUT2D eigenvalue weighted by Crippen LogP contribution is 2.23. The lowest BCUT2D eigenvalue weighted by Crippen LogP contribution is -2.38. The van der Waals surface area contributed by atoms with Crippen LogP contribution in [0.4, 0.5) is 10.5 Å². The lowest BCUT2D eigenvalue weighted by atomic mass is 10.1. The number of rotatable bonds is 5. The molecule has 0 aromatic heterocycles. The van der Waals surface area contributed by atoms with Gasteiger partial charge in [-0.3, -0.25) is 19.8 Å². The molecular formula is C17H21N3O4. The van der Waals surface area contributed by atoms with E-state index in [2.05, 4.69) is 5.32 Å². The fourth-order valence-electron chi connectivity index (χ4n) is 3.13. The molecule has 0 aliphatic carbocycles. The highest BCUT2D eigenvalue weighted by molar-refractivity contribution is 6.12. The number of hydrogen-bond acceptors (Lipinski definition) is 4. The van der Waals surface area contributed by atoms with Gasteiger partial charge in [0.25, 0.3) is 5.91 Å². The van der Waals surface area contributed by atoms with Gasteiger partial charge in [-0.25, -0.2) is 4.79 Å². The fraction of sp³-hybridized carbons (Fsp3) is 0.471. The second kappa shape index (κ2) is 7.00. The predicted molar refractivity (Wildman–Crippen MR) is 87.9 cm³/mol. The Hall–Kier alpha value is -2.41. The lowest BCUT2D eigenvalue weighted by molar-refractivity contribution is -0.117. The van der Waals surface area contributed by atoms with E-state index in [0.717, 1.165) is 19.4 Å². The standard InChI is InChI=1S/C17H21N3O4/c1-2-24-11-14-4-3-9-19(14)16(22)12-5-7-13(8-6-12)20-10-15(21)18-17(20)23/h5-8,14H,2-4,9-11H2,1H3,(H,18,21,23)/t14-/m0/s1. The summed E-state index contributed by atoms with van der Waals surface area (Å²) in [4.78, 5) is 38.8. The Bertz CT molecular complexity index is 644. The van der Waals surface area contributed by atoms with Gasteiger partial charge in [-0.1, -0.05) is 0 Å². The van der Waals surface area contributed by atoms with E-state index in [1.165, 1.54) is 4.90 Å². The molecule has 2 heterocycles. The molecule has 1 atom stereocenters. The molecule has 128 valence electrons. The molecule has 0 spiro atoms. The van der Waals surface area contributed by atoms with E-state index in [-0.39, 0.29) is 24.4 Å². The molecule has 1 aromatic rings. The molecule has 0 unspecified atom stereocenters. The first-order valence-corrected chi connectivity index (χ1v) is 8.20. The van der Waals surface area contributed by atoms with Gasteiger partial charge in [0.1, 0.15) is 6.54 Å². The smallest absolute Gasteiger partial charge is 0.329 e. The van der Waals surface area contributed by atoms with Crippen molar-refractivity contribution in [1.29, 1.82) is 0 Å². The van der Waals surface area contributed by atoms with Gasteiger partial charge >= 0.3 is 6.03 Å². The zero-order valence-electron chi connectivity index (χ0n) is 13.7. The number of nitrogens with zero attached hydrogens (tertiary/aromatic N) is 2. The van der Waals surface area contributed by atoms with Crippen LogP contribution in [0.25, 0.3) is 0 Å². The van der Waals surface area contributed by atoms with E-state index in [1.807, 2.05) is 11.8 Å². The SMILES string of the molecule is CCOC[C@@H]1CCCN1C(=O)c1ccc(N2CC(=O)NC2=O)cc1. The third-order valence-corrected chi connectivity index (χ3v) is 4.37. The molecule has 2 fully saturated rings. The van der Waals surface area contributed by atoms with Crippen molar-refractivity contribution in [3.63, 3.8) is 0 Å². The number of nitrogens with one attached hydrogen (secondary N) is 1. The number of urea groups is 1. The maximum absolute atomic E-state index is 12.7. The molecule has 7 heteroatoms. The summed E-state index contributed by atoms with van der Waals surface area (Å²) in [6.45, 7) is 3.90. The molecule has 1 N–H and O–H groups in total. The first-order valence-electron chi connectivity index (χ1n) is 8.20. The first-order chi connectivity index (χ1) is 11.6. The average molecular weight is 331 g/mol. The summed E-state index contributed by atoms with van der Waals surface area (Å²) in [5, 5.41) is 2.23. The Morgan fingerprint density at radius 2 is 2.04 bits per heavy atom. The Morgan fingerprint density at radius 3 is 2.67 bits per heavy atom. The third kappa shape index (κ3) is 3.26. The van der Waals surface area contributed by atoms with Gasteiger partial charge in [0, 0.05) is 24.4 Å². The Balaban J connectivity index is 1.70. The molecule has 7 nitrogen and oxygen atoms in total. The largest absolute Gasteiger partial charge is 0.380 e. The van der Waals surface area contributed by atoms with Crippen molar-refractivity contribution in [1.82, 2.24) is 10.2 Å². The summed E-state index contributed by atoms with van der Waals surface area (Å²) in [5.41, 5.74) is 1.18. The van der Waals surface area contributed by atoms with Gasteiger partial charge in [0.15, 0.2) is 0 Å².